The van der Waals surface area contributed by atoms with Gasteiger partial charge in [-0.15, -0.1) is 22.7 Å². The van der Waals surface area contributed by atoms with E-state index in [0.717, 1.165) is 16.3 Å². The molecule has 20 heavy (non-hydrogen) atoms. The van der Waals surface area contributed by atoms with Crippen LogP contribution in [0.15, 0.2) is 18.3 Å². The van der Waals surface area contributed by atoms with Crippen LogP contribution in [0.3, 0.4) is 0 Å². The third kappa shape index (κ3) is 3.90. The molecule has 104 valence electrons. The highest BCUT2D eigenvalue weighted by Crippen LogP contribution is 2.16. The number of amides is 1. The Hall–Kier alpha value is -1.68. The standard InChI is InChI=1S/C14H15N3OS2/c1-2-10-8-16-13(20-10)9-17-14(18)12-6-5-11(19-12)4-3-7-15/h5-6,8H,2,7,9,15H2,1H3,(H,17,18). The van der Waals surface area contributed by atoms with Crippen LogP contribution in [0.4, 0.5) is 0 Å². The summed E-state index contributed by atoms with van der Waals surface area (Å²) in [6.07, 6.45) is 2.83. The molecule has 0 atom stereocenters. The Morgan fingerprint density at radius 3 is 3.00 bits per heavy atom. The van der Waals surface area contributed by atoms with Crippen molar-refractivity contribution in [3.63, 3.8) is 0 Å². The topological polar surface area (TPSA) is 68.0 Å². The molecule has 0 radical (unpaired) electrons. The summed E-state index contributed by atoms with van der Waals surface area (Å²) in [5, 5.41) is 3.79. The third-order valence-electron chi connectivity index (χ3n) is 2.49. The fourth-order valence-electron chi connectivity index (χ4n) is 1.50. The van der Waals surface area contributed by atoms with Crippen LogP contribution in [0, 0.1) is 11.8 Å². The van der Waals surface area contributed by atoms with Gasteiger partial charge in [0.25, 0.3) is 5.91 Å². The predicted octanol–water partition coefficient (Wildman–Crippen LogP) is 2.01. The van der Waals surface area contributed by atoms with E-state index in [-0.39, 0.29) is 5.91 Å². The molecule has 0 aromatic carbocycles. The average molecular weight is 305 g/mol. The Balaban J connectivity index is 1.92. The Morgan fingerprint density at radius 2 is 2.30 bits per heavy atom. The summed E-state index contributed by atoms with van der Waals surface area (Å²) in [7, 11) is 0. The van der Waals surface area contributed by atoms with Crippen molar-refractivity contribution < 1.29 is 4.79 Å². The number of rotatable bonds is 4. The fourth-order valence-corrected chi connectivity index (χ4v) is 3.10. The van der Waals surface area contributed by atoms with Crippen molar-refractivity contribution in [1.82, 2.24) is 10.3 Å². The molecule has 2 heterocycles. The SMILES string of the molecule is CCc1cnc(CNC(=O)c2ccc(C#CCN)s2)s1. The summed E-state index contributed by atoms with van der Waals surface area (Å²) in [5.74, 6) is 5.60. The fraction of sp³-hybridized carbons (Fsp3) is 0.286. The van der Waals surface area contributed by atoms with Gasteiger partial charge >= 0.3 is 0 Å². The lowest BCUT2D eigenvalue weighted by Crippen LogP contribution is -2.21. The summed E-state index contributed by atoms with van der Waals surface area (Å²) in [6.45, 7) is 2.87. The molecule has 0 saturated carbocycles. The second kappa shape index (κ2) is 7.20. The maximum atomic E-state index is 12.0. The highest BCUT2D eigenvalue weighted by molar-refractivity contribution is 7.14. The summed E-state index contributed by atoms with van der Waals surface area (Å²) >= 11 is 3.00. The van der Waals surface area contributed by atoms with E-state index in [9.17, 15) is 4.79 Å². The Bertz CT molecular complexity index is 649. The highest BCUT2D eigenvalue weighted by Gasteiger charge is 2.09. The van der Waals surface area contributed by atoms with Gasteiger partial charge in [0, 0.05) is 11.1 Å². The number of carbonyl (C=O) groups is 1. The molecule has 0 aliphatic rings. The van der Waals surface area contributed by atoms with E-state index in [1.165, 1.54) is 16.2 Å². The lowest BCUT2D eigenvalue weighted by atomic mass is 10.4. The summed E-state index contributed by atoms with van der Waals surface area (Å²) < 4.78 is 0. The number of hydrogen-bond donors (Lipinski definition) is 2. The number of thiophene rings is 1. The molecule has 4 nitrogen and oxygen atoms in total. The van der Waals surface area contributed by atoms with Crippen LogP contribution < -0.4 is 11.1 Å². The molecule has 0 unspecified atom stereocenters. The minimum Gasteiger partial charge on any atom is -0.345 e. The average Bonchev–Trinajstić information content (AvgIpc) is 3.11. The minimum atomic E-state index is -0.0935. The van der Waals surface area contributed by atoms with E-state index >= 15 is 0 Å². The number of nitrogens with one attached hydrogen (secondary N) is 1. The van der Waals surface area contributed by atoms with E-state index in [1.807, 2.05) is 12.3 Å². The first kappa shape index (κ1) is 14.7. The lowest BCUT2D eigenvalue weighted by molar-refractivity contribution is 0.0955. The van der Waals surface area contributed by atoms with Crippen molar-refractivity contribution in [3.05, 3.63) is 38.0 Å². The molecule has 0 aliphatic carbocycles. The zero-order chi connectivity index (χ0) is 14.4. The van der Waals surface area contributed by atoms with Crippen LogP contribution in [0.1, 0.15) is 31.4 Å². The Labute approximate surface area is 126 Å². The molecule has 2 aromatic heterocycles. The van der Waals surface area contributed by atoms with Crippen molar-refractivity contribution in [1.29, 1.82) is 0 Å². The van der Waals surface area contributed by atoms with Crippen LogP contribution in [-0.4, -0.2) is 17.4 Å². The van der Waals surface area contributed by atoms with Crippen LogP contribution in [-0.2, 0) is 13.0 Å². The van der Waals surface area contributed by atoms with Crippen LogP contribution in [0.5, 0.6) is 0 Å². The van der Waals surface area contributed by atoms with Gasteiger partial charge in [-0.05, 0) is 18.6 Å². The first-order valence-corrected chi connectivity index (χ1v) is 7.86. The molecule has 3 N–H and O–H groups in total. The predicted molar refractivity (Wildman–Crippen MR) is 82.9 cm³/mol. The van der Waals surface area contributed by atoms with Gasteiger partial charge in [-0.25, -0.2) is 4.98 Å². The number of nitrogens with zero attached hydrogens (tertiary/aromatic N) is 1. The summed E-state index contributed by atoms with van der Waals surface area (Å²) in [4.78, 5) is 19.0. The smallest absolute Gasteiger partial charge is 0.261 e. The summed E-state index contributed by atoms with van der Waals surface area (Å²) in [6, 6.07) is 3.61. The van der Waals surface area contributed by atoms with Gasteiger partial charge in [0.05, 0.1) is 22.8 Å². The largest absolute Gasteiger partial charge is 0.345 e. The number of aromatic nitrogens is 1. The molecule has 0 spiro atoms. The van der Waals surface area contributed by atoms with Gasteiger partial charge in [0.15, 0.2) is 0 Å². The van der Waals surface area contributed by atoms with Crippen molar-refractivity contribution in [2.45, 2.75) is 19.9 Å². The quantitative estimate of drug-likeness (QED) is 0.849. The van der Waals surface area contributed by atoms with Gasteiger partial charge < -0.3 is 11.1 Å². The molecule has 6 heteroatoms. The highest BCUT2D eigenvalue weighted by atomic mass is 32.1. The number of aryl methyl sites for hydroxylation is 1. The van der Waals surface area contributed by atoms with Crippen molar-refractivity contribution in [2.75, 3.05) is 6.54 Å². The van der Waals surface area contributed by atoms with Crippen molar-refractivity contribution in [2.24, 2.45) is 5.73 Å². The first-order chi connectivity index (χ1) is 9.72. The van der Waals surface area contributed by atoms with Crippen molar-refractivity contribution in [3.8, 4) is 11.8 Å². The third-order valence-corrected chi connectivity index (χ3v) is 4.63. The normalized spacial score (nSPS) is 9.90. The van der Waals surface area contributed by atoms with Gasteiger partial charge in [0.1, 0.15) is 5.01 Å². The molecule has 0 aliphatic heterocycles. The molecule has 2 aromatic rings. The van der Waals surface area contributed by atoms with Gasteiger partial charge in [-0.3, -0.25) is 4.79 Å². The maximum absolute atomic E-state index is 12.0. The number of hydrogen-bond acceptors (Lipinski definition) is 5. The Kier molecular flexibility index (Phi) is 5.30. The van der Waals surface area contributed by atoms with E-state index in [1.54, 1.807) is 17.4 Å². The molecule has 1 amide bonds. The van der Waals surface area contributed by atoms with Crippen LogP contribution >= 0.6 is 22.7 Å². The second-order valence-electron chi connectivity index (χ2n) is 3.93. The van der Waals surface area contributed by atoms with Crippen LogP contribution in [0.2, 0.25) is 0 Å². The monoisotopic (exact) mass is 305 g/mol. The maximum Gasteiger partial charge on any atom is 0.261 e. The molecule has 0 fully saturated rings. The molecule has 0 saturated heterocycles. The minimum absolute atomic E-state index is 0.0935. The van der Waals surface area contributed by atoms with Crippen molar-refractivity contribution >= 4 is 28.6 Å². The lowest BCUT2D eigenvalue weighted by Gasteiger charge is -1.99. The molecular weight excluding hydrogens is 290 g/mol. The summed E-state index contributed by atoms with van der Waals surface area (Å²) in [5.41, 5.74) is 5.31. The van der Waals surface area contributed by atoms with Crippen LogP contribution in [0.25, 0.3) is 0 Å². The molecular formula is C14H15N3OS2. The Morgan fingerprint density at radius 1 is 1.45 bits per heavy atom. The molecule has 2 rings (SSSR count). The first-order valence-electron chi connectivity index (χ1n) is 6.23. The number of nitrogens with two attached hydrogens (primary N) is 1. The molecule has 0 bridgehead atoms. The number of thiazole rings is 1. The zero-order valence-electron chi connectivity index (χ0n) is 11.1. The van der Waals surface area contributed by atoms with E-state index in [0.29, 0.717) is 18.0 Å². The number of carbonyl (C=O) groups excluding carboxylic acids is 1. The van der Waals surface area contributed by atoms with E-state index in [2.05, 4.69) is 29.1 Å². The van der Waals surface area contributed by atoms with Gasteiger partial charge in [-0.1, -0.05) is 18.8 Å². The van der Waals surface area contributed by atoms with E-state index < -0.39 is 0 Å². The second-order valence-corrected chi connectivity index (χ2v) is 6.21. The van der Waals surface area contributed by atoms with Gasteiger partial charge in [0.2, 0.25) is 0 Å². The van der Waals surface area contributed by atoms with Gasteiger partial charge in [-0.2, -0.15) is 0 Å². The zero-order valence-corrected chi connectivity index (χ0v) is 12.7. The van der Waals surface area contributed by atoms with E-state index in [4.69, 9.17) is 5.73 Å².